The number of piperidine rings is 1. The smallest absolute Gasteiger partial charge is 0.391 e. The van der Waals surface area contributed by atoms with Crippen molar-refractivity contribution < 1.29 is 27.5 Å². The van der Waals surface area contributed by atoms with Gasteiger partial charge in [-0.15, -0.1) is 0 Å². The Labute approximate surface area is 179 Å². The number of anilines is 1. The minimum atomic E-state index is -4.74. The fraction of sp³-hybridized carbons (Fsp3) is 0.682. The highest BCUT2D eigenvalue weighted by Crippen LogP contribution is 2.53. The second kappa shape index (κ2) is 8.24. The van der Waals surface area contributed by atoms with E-state index in [0.29, 0.717) is 26.2 Å². The van der Waals surface area contributed by atoms with E-state index in [4.69, 9.17) is 0 Å². The van der Waals surface area contributed by atoms with E-state index in [0.717, 1.165) is 50.9 Å². The summed E-state index contributed by atoms with van der Waals surface area (Å²) in [7, 11) is 0. The molecule has 9 heteroatoms. The number of carbonyl (C=O) groups excluding carboxylic acids is 1. The van der Waals surface area contributed by atoms with Crippen molar-refractivity contribution in [1.82, 2.24) is 9.80 Å². The number of piperazine rings is 1. The van der Waals surface area contributed by atoms with Crippen LogP contribution in [0.25, 0.3) is 0 Å². The number of nitrogens with zero attached hydrogens (tertiary/aromatic N) is 3. The number of hydrogen-bond acceptors (Lipinski definition) is 4. The molecule has 2 unspecified atom stereocenters. The highest BCUT2D eigenvalue weighted by molar-refractivity contribution is 5.86. The molecular formula is C22H29F4N3O2. The third-order valence-electron chi connectivity index (χ3n) is 7.20. The highest BCUT2D eigenvalue weighted by atomic mass is 19.4. The van der Waals surface area contributed by atoms with E-state index in [1.165, 1.54) is 6.07 Å². The van der Waals surface area contributed by atoms with Crippen molar-refractivity contribution in [3.05, 3.63) is 29.6 Å². The van der Waals surface area contributed by atoms with Gasteiger partial charge < -0.3 is 19.8 Å². The van der Waals surface area contributed by atoms with Gasteiger partial charge in [0.05, 0.1) is 11.7 Å². The Bertz CT molecular complexity index is 827. The van der Waals surface area contributed by atoms with Gasteiger partial charge in [-0.25, -0.2) is 4.39 Å². The largest absolute Gasteiger partial charge is 0.419 e. The molecule has 1 N–H and O–H groups in total. The van der Waals surface area contributed by atoms with E-state index in [9.17, 15) is 27.5 Å². The van der Waals surface area contributed by atoms with E-state index < -0.39 is 23.6 Å². The van der Waals surface area contributed by atoms with Crippen LogP contribution < -0.4 is 4.90 Å². The minimum Gasteiger partial charge on any atom is -0.391 e. The van der Waals surface area contributed by atoms with Crippen molar-refractivity contribution in [1.29, 1.82) is 0 Å². The van der Waals surface area contributed by atoms with Crippen LogP contribution in [0.2, 0.25) is 0 Å². The second-order valence-corrected chi connectivity index (χ2v) is 9.14. The molecule has 0 aromatic heterocycles. The minimum absolute atomic E-state index is 0.109. The van der Waals surface area contributed by atoms with Crippen molar-refractivity contribution in [3.8, 4) is 0 Å². The number of halogens is 4. The maximum Gasteiger partial charge on any atom is 0.419 e. The Hall–Kier alpha value is -1.87. The number of likely N-dealkylation sites (tertiary alicyclic amines) is 1. The number of amides is 1. The third-order valence-corrected chi connectivity index (χ3v) is 7.20. The number of aliphatic hydroxyl groups is 1. The van der Waals surface area contributed by atoms with Gasteiger partial charge in [-0.3, -0.25) is 4.79 Å². The summed E-state index contributed by atoms with van der Waals surface area (Å²) in [5.74, 6) is -1.44. The lowest BCUT2D eigenvalue weighted by molar-refractivity contribution is -0.140. The Balaban J connectivity index is 1.29. The first-order valence-electron chi connectivity index (χ1n) is 10.9. The van der Waals surface area contributed by atoms with Crippen molar-refractivity contribution in [2.75, 3.05) is 44.2 Å². The van der Waals surface area contributed by atoms with Gasteiger partial charge in [-0.1, -0.05) is 0 Å². The molecule has 1 aromatic rings. The summed E-state index contributed by atoms with van der Waals surface area (Å²) in [6, 6.07) is 2.24. The number of benzene rings is 1. The van der Waals surface area contributed by atoms with Crippen LogP contribution in [0, 0.1) is 11.2 Å². The van der Waals surface area contributed by atoms with Gasteiger partial charge in [0.25, 0.3) is 0 Å². The zero-order valence-electron chi connectivity index (χ0n) is 17.7. The van der Waals surface area contributed by atoms with Crippen LogP contribution in [-0.2, 0) is 11.0 Å². The quantitative estimate of drug-likeness (QED) is 0.711. The molecule has 0 radical (unpaired) electrons. The molecule has 3 aliphatic rings. The van der Waals surface area contributed by atoms with Crippen molar-refractivity contribution in [3.63, 3.8) is 0 Å². The van der Waals surface area contributed by atoms with Crippen molar-refractivity contribution in [2.45, 2.75) is 50.9 Å². The molecule has 1 aromatic carbocycles. The lowest BCUT2D eigenvalue weighted by atomic mass is 9.90. The van der Waals surface area contributed by atoms with Crippen molar-refractivity contribution >= 4 is 11.6 Å². The van der Waals surface area contributed by atoms with E-state index >= 15 is 0 Å². The lowest BCUT2D eigenvalue weighted by Gasteiger charge is -2.41. The zero-order chi connectivity index (χ0) is 22.4. The van der Waals surface area contributed by atoms with Crippen LogP contribution in [0.5, 0.6) is 0 Å². The first-order chi connectivity index (χ1) is 14.6. The standard InChI is InChI=1S/C22H29F4N3O2/c1-15-20(31)28(9-2-8-27-10-7-21(5-6-21)19(30)14-27)11-12-29(15)16-3-4-17(18(23)13-16)22(24,25)26/h3-4,13,15,19,30H,2,5-12,14H2,1H3. The fourth-order valence-corrected chi connectivity index (χ4v) is 4.93. The van der Waals surface area contributed by atoms with E-state index in [1.807, 2.05) is 0 Å². The Morgan fingerprint density at radius 2 is 1.87 bits per heavy atom. The summed E-state index contributed by atoms with van der Waals surface area (Å²) in [6.45, 7) is 5.65. The van der Waals surface area contributed by atoms with Gasteiger partial charge in [0.2, 0.25) is 5.91 Å². The van der Waals surface area contributed by atoms with Crippen LogP contribution in [0.4, 0.5) is 23.2 Å². The Morgan fingerprint density at radius 1 is 1.13 bits per heavy atom. The number of hydrogen-bond donors (Lipinski definition) is 1. The molecule has 2 saturated heterocycles. The van der Waals surface area contributed by atoms with Gasteiger partial charge in [-0.05, 0) is 69.3 Å². The predicted octanol–water partition coefficient (Wildman–Crippen LogP) is 3.12. The molecule has 2 atom stereocenters. The highest BCUT2D eigenvalue weighted by Gasteiger charge is 2.51. The van der Waals surface area contributed by atoms with Crippen LogP contribution in [0.1, 0.15) is 38.2 Å². The molecule has 0 bridgehead atoms. The van der Waals surface area contributed by atoms with Crippen molar-refractivity contribution in [2.24, 2.45) is 5.41 Å². The number of aliphatic hydroxyl groups excluding tert-OH is 1. The Morgan fingerprint density at radius 3 is 2.48 bits per heavy atom. The molecule has 31 heavy (non-hydrogen) atoms. The van der Waals surface area contributed by atoms with E-state index in [1.54, 1.807) is 16.7 Å². The number of alkyl halides is 3. The van der Waals surface area contributed by atoms with E-state index in [-0.39, 0.29) is 23.1 Å². The maximum absolute atomic E-state index is 14.0. The van der Waals surface area contributed by atoms with Gasteiger partial charge in [0.1, 0.15) is 11.9 Å². The summed E-state index contributed by atoms with van der Waals surface area (Å²) >= 11 is 0. The molecule has 3 fully saturated rings. The first kappa shape index (κ1) is 22.3. The van der Waals surface area contributed by atoms with Crippen LogP contribution in [-0.4, -0.2) is 72.2 Å². The molecule has 1 aliphatic carbocycles. The van der Waals surface area contributed by atoms with Crippen LogP contribution in [0.15, 0.2) is 18.2 Å². The van der Waals surface area contributed by atoms with Crippen LogP contribution >= 0.6 is 0 Å². The maximum atomic E-state index is 14.0. The van der Waals surface area contributed by atoms with Gasteiger partial charge in [0, 0.05) is 31.9 Å². The third kappa shape index (κ3) is 4.53. The normalized spacial score (nSPS) is 26.6. The summed E-state index contributed by atoms with van der Waals surface area (Å²) in [6.07, 6.45) is -0.912. The monoisotopic (exact) mass is 443 g/mol. The number of β-amino-alcohol motifs (C(OH)–C–C–N with tert-alkyl or cyclic N) is 1. The summed E-state index contributed by atoms with van der Waals surface area (Å²) in [4.78, 5) is 18.5. The topological polar surface area (TPSA) is 47.0 Å². The van der Waals surface area contributed by atoms with Gasteiger partial charge >= 0.3 is 6.18 Å². The molecule has 172 valence electrons. The first-order valence-corrected chi connectivity index (χ1v) is 10.9. The molecular weight excluding hydrogens is 414 g/mol. The number of carbonyl (C=O) groups is 1. The van der Waals surface area contributed by atoms with Crippen LogP contribution in [0.3, 0.4) is 0 Å². The fourth-order valence-electron chi connectivity index (χ4n) is 4.93. The Kier molecular flexibility index (Phi) is 5.93. The molecule has 5 nitrogen and oxygen atoms in total. The zero-order valence-corrected chi connectivity index (χ0v) is 17.7. The summed E-state index contributed by atoms with van der Waals surface area (Å²) in [5.41, 5.74) is -0.845. The molecule has 1 amide bonds. The van der Waals surface area contributed by atoms with Gasteiger partial charge in [-0.2, -0.15) is 13.2 Å². The molecule has 1 saturated carbocycles. The average molecular weight is 443 g/mol. The number of rotatable bonds is 5. The molecule has 1 spiro atoms. The summed E-state index contributed by atoms with van der Waals surface area (Å²) < 4.78 is 52.3. The molecule has 2 aliphatic heterocycles. The predicted molar refractivity (Wildman–Crippen MR) is 108 cm³/mol. The summed E-state index contributed by atoms with van der Waals surface area (Å²) in [5, 5.41) is 10.3. The molecule has 4 rings (SSSR count). The SMILES string of the molecule is CC1C(=O)N(CCCN2CCC3(CC3)C(O)C2)CCN1c1ccc(C(F)(F)F)c(F)c1. The lowest BCUT2D eigenvalue weighted by Crippen LogP contribution is -2.56. The van der Waals surface area contributed by atoms with E-state index in [2.05, 4.69) is 4.90 Å². The molecule has 2 heterocycles. The van der Waals surface area contributed by atoms with Gasteiger partial charge in [0.15, 0.2) is 0 Å². The second-order valence-electron chi connectivity index (χ2n) is 9.14. The average Bonchev–Trinajstić information content (AvgIpc) is 3.48.